The molecule has 1 saturated carbocycles. The van der Waals surface area contributed by atoms with Crippen molar-refractivity contribution in [1.82, 2.24) is 5.32 Å². The van der Waals surface area contributed by atoms with Crippen molar-refractivity contribution in [3.63, 3.8) is 0 Å². The number of nitrogens with one attached hydrogen (secondary N) is 1. The SMILES string of the molecule is CCNC(C)c1cc(F)ccc1N(CCC#N)C1CC1. The molecule has 20 heavy (non-hydrogen) atoms. The molecule has 1 fully saturated rings. The standard InChI is InChI=1S/C16H22FN3/c1-3-19-12(2)15-11-13(17)5-8-16(15)20(10-4-9-18)14-6-7-14/h5,8,11-12,14,19H,3-4,6-7,10H2,1-2H3. The number of benzene rings is 1. The van der Waals surface area contributed by atoms with Gasteiger partial charge < -0.3 is 10.2 Å². The zero-order valence-electron chi connectivity index (χ0n) is 12.2. The molecule has 0 bridgehead atoms. The van der Waals surface area contributed by atoms with E-state index in [0.29, 0.717) is 12.5 Å². The molecule has 1 atom stereocenters. The summed E-state index contributed by atoms with van der Waals surface area (Å²) in [6, 6.07) is 7.81. The summed E-state index contributed by atoms with van der Waals surface area (Å²) in [4.78, 5) is 2.27. The maximum atomic E-state index is 13.6. The van der Waals surface area contributed by atoms with Gasteiger partial charge in [0.2, 0.25) is 0 Å². The second-order valence-electron chi connectivity index (χ2n) is 5.32. The van der Waals surface area contributed by atoms with Crippen LogP contribution >= 0.6 is 0 Å². The molecule has 0 amide bonds. The van der Waals surface area contributed by atoms with Crippen LogP contribution in [0.4, 0.5) is 10.1 Å². The molecule has 2 rings (SSSR count). The van der Waals surface area contributed by atoms with Gasteiger partial charge in [-0.15, -0.1) is 0 Å². The summed E-state index contributed by atoms with van der Waals surface area (Å²) in [7, 11) is 0. The van der Waals surface area contributed by atoms with Gasteiger partial charge in [-0.05, 0) is 50.1 Å². The molecular formula is C16H22FN3. The quantitative estimate of drug-likeness (QED) is 0.829. The maximum absolute atomic E-state index is 13.6. The van der Waals surface area contributed by atoms with E-state index >= 15 is 0 Å². The molecule has 1 aliphatic carbocycles. The molecule has 3 nitrogen and oxygen atoms in total. The fourth-order valence-corrected chi connectivity index (χ4v) is 2.61. The molecule has 0 spiro atoms. The first-order chi connectivity index (χ1) is 9.67. The van der Waals surface area contributed by atoms with Crippen LogP contribution in [0.15, 0.2) is 18.2 Å². The molecule has 0 radical (unpaired) electrons. The van der Waals surface area contributed by atoms with E-state index in [0.717, 1.165) is 37.2 Å². The van der Waals surface area contributed by atoms with Crippen LogP contribution < -0.4 is 10.2 Å². The van der Waals surface area contributed by atoms with Gasteiger partial charge in [-0.3, -0.25) is 0 Å². The van der Waals surface area contributed by atoms with E-state index < -0.39 is 0 Å². The third-order valence-electron chi connectivity index (χ3n) is 3.73. The number of hydrogen-bond donors (Lipinski definition) is 1. The Labute approximate surface area is 120 Å². The van der Waals surface area contributed by atoms with Crippen LogP contribution in [0, 0.1) is 17.1 Å². The summed E-state index contributed by atoms with van der Waals surface area (Å²) in [5, 5.41) is 12.2. The van der Waals surface area contributed by atoms with Crippen molar-refractivity contribution in [1.29, 1.82) is 5.26 Å². The first kappa shape index (κ1) is 14.8. The smallest absolute Gasteiger partial charge is 0.123 e. The second kappa shape index (κ2) is 6.71. The summed E-state index contributed by atoms with van der Waals surface area (Å²) in [5.74, 6) is -0.204. The lowest BCUT2D eigenvalue weighted by Crippen LogP contribution is -2.29. The lowest BCUT2D eigenvalue weighted by molar-refractivity contribution is 0.580. The van der Waals surface area contributed by atoms with E-state index in [1.807, 2.05) is 13.0 Å². The van der Waals surface area contributed by atoms with Crippen molar-refractivity contribution in [2.75, 3.05) is 18.0 Å². The zero-order valence-corrected chi connectivity index (χ0v) is 12.2. The number of rotatable bonds is 7. The summed E-state index contributed by atoms with van der Waals surface area (Å²) in [6.07, 6.45) is 2.83. The average Bonchev–Trinajstić information content (AvgIpc) is 3.25. The second-order valence-corrected chi connectivity index (χ2v) is 5.32. The minimum absolute atomic E-state index is 0.106. The highest BCUT2D eigenvalue weighted by molar-refractivity contribution is 5.57. The molecule has 1 unspecified atom stereocenters. The highest BCUT2D eigenvalue weighted by Crippen LogP contribution is 2.36. The van der Waals surface area contributed by atoms with Gasteiger partial charge in [0.25, 0.3) is 0 Å². The molecule has 1 aromatic rings. The van der Waals surface area contributed by atoms with E-state index in [9.17, 15) is 4.39 Å². The van der Waals surface area contributed by atoms with Crippen LogP contribution in [0.3, 0.4) is 0 Å². The number of halogens is 1. The first-order valence-corrected chi connectivity index (χ1v) is 7.33. The predicted molar refractivity (Wildman–Crippen MR) is 79.1 cm³/mol. The Morgan fingerprint density at radius 3 is 2.85 bits per heavy atom. The molecule has 0 heterocycles. The van der Waals surface area contributed by atoms with Crippen molar-refractivity contribution in [3.05, 3.63) is 29.6 Å². The molecular weight excluding hydrogens is 253 g/mol. The monoisotopic (exact) mass is 275 g/mol. The van der Waals surface area contributed by atoms with Gasteiger partial charge in [0.15, 0.2) is 0 Å². The Balaban J connectivity index is 2.30. The highest BCUT2D eigenvalue weighted by atomic mass is 19.1. The van der Waals surface area contributed by atoms with E-state index in [2.05, 4.69) is 23.2 Å². The Bertz CT molecular complexity index is 491. The third-order valence-corrected chi connectivity index (χ3v) is 3.73. The van der Waals surface area contributed by atoms with Crippen LogP contribution in [0.5, 0.6) is 0 Å². The van der Waals surface area contributed by atoms with E-state index in [1.165, 1.54) is 6.07 Å². The van der Waals surface area contributed by atoms with Crippen LogP contribution in [-0.4, -0.2) is 19.1 Å². The fourth-order valence-electron chi connectivity index (χ4n) is 2.61. The van der Waals surface area contributed by atoms with Crippen LogP contribution in [0.1, 0.15) is 44.7 Å². The van der Waals surface area contributed by atoms with Crippen molar-refractivity contribution in [2.24, 2.45) is 0 Å². The van der Waals surface area contributed by atoms with Gasteiger partial charge >= 0.3 is 0 Å². The van der Waals surface area contributed by atoms with Gasteiger partial charge in [-0.2, -0.15) is 5.26 Å². The van der Waals surface area contributed by atoms with Gasteiger partial charge in [0.1, 0.15) is 5.82 Å². The van der Waals surface area contributed by atoms with E-state index in [1.54, 1.807) is 6.07 Å². The van der Waals surface area contributed by atoms with Crippen LogP contribution in [0.25, 0.3) is 0 Å². The van der Waals surface area contributed by atoms with E-state index in [4.69, 9.17) is 5.26 Å². The highest BCUT2D eigenvalue weighted by Gasteiger charge is 2.30. The molecule has 0 aliphatic heterocycles. The molecule has 1 N–H and O–H groups in total. The molecule has 108 valence electrons. The third kappa shape index (κ3) is 3.49. The lowest BCUT2D eigenvalue weighted by atomic mass is 10.0. The van der Waals surface area contributed by atoms with Crippen molar-refractivity contribution >= 4 is 5.69 Å². The summed E-state index contributed by atoms with van der Waals surface area (Å²) in [5.41, 5.74) is 2.05. The minimum Gasteiger partial charge on any atom is -0.367 e. The Morgan fingerprint density at radius 1 is 1.50 bits per heavy atom. The average molecular weight is 275 g/mol. The zero-order chi connectivity index (χ0) is 14.5. The number of hydrogen-bond acceptors (Lipinski definition) is 3. The van der Waals surface area contributed by atoms with Gasteiger partial charge in [-0.25, -0.2) is 4.39 Å². The number of anilines is 1. The Kier molecular flexibility index (Phi) is 4.97. The topological polar surface area (TPSA) is 39.1 Å². The Hall–Kier alpha value is -1.60. The summed E-state index contributed by atoms with van der Waals surface area (Å²) >= 11 is 0. The van der Waals surface area contributed by atoms with Crippen LogP contribution in [-0.2, 0) is 0 Å². The largest absolute Gasteiger partial charge is 0.367 e. The molecule has 0 aromatic heterocycles. The van der Waals surface area contributed by atoms with Crippen molar-refractivity contribution in [3.8, 4) is 6.07 Å². The normalized spacial score (nSPS) is 15.7. The molecule has 4 heteroatoms. The molecule has 0 saturated heterocycles. The van der Waals surface area contributed by atoms with Gasteiger partial charge in [0, 0.05) is 24.3 Å². The predicted octanol–water partition coefficient (Wildman–Crippen LogP) is 3.38. The Morgan fingerprint density at radius 2 is 2.25 bits per heavy atom. The maximum Gasteiger partial charge on any atom is 0.123 e. The first-order valence-electron chi connectivity index (χ1n) is 7.33. The number of nitrogens with zero attached hydrogens (tertiary/aromatic N) is 2. The summed E-state index contributed by atoms with van der Waals surface area (Å²) in [6.45, 7) is 5.67. The van der Waals surface area contributed by atoms with Crippen LogP contribution in [0.2, 0.25) is 0 Å². The number of nitriles is 1. The fraction of sp³-hybridized carbons (Fsp3) is 0.562. The summed E-state index contributed by atoms with van der Waals surface area (Å²) < 4.78 is 13.6. The van der Waals surface area contributed by atoms with Crippen molar-refractivity contribution in [2.45, 2.75) is 45.2 Å². The van der Waals surface area contributed by atoms with Gasteiger partial charge in [-0.1, -0.05) is 6.92 Å². The van der Waals surface area contributed by atoms with E-state index in [-0.39, 0.29) is 11.9 Å². The van der Waals surface area contributed by atoms with Gasteiger partial charge in [0.05, 0.1) is 12.5 Å². The minimum atomic E-state index is -0.204. The molecule has 1 aromatic carbocycles. The molecule has 1 aliphatic rings. The lowest BCUT2D eigenvalue weighted by Gasteiger charge is -2.28. The van der Waals surface area contributed by atoms with Crippen molar-refractivity contribution < 1.29 is 4.39 Å².